The molecule has 0 unspecified atom stereocenters. The lowest BCUT2D eigenvalue weighted by molar-refractivity contribution is 0.388. The highest BCUT2D eigenvalue weighted by atomic mass is 32.1. The van der Waals surface area contributed by atoms with Crippen LogP contribution in [0.2, 0.25) is 0 Å². The summed E-state index contributed by atoms with van der Waals surface area (Å²) in [4.78, 5) is 13.0. The zero-order chi connectivity index (χ0) is 16.1. The Morgan fingerprint density at radius 1 is 1.09 bits per heavy atom. The van der Waals surface area contributed by atoms with E-state index in [0.717, 1.165) is 49.3 Å². The molecular weight excluding hydrogens is 306 g/mol. The van der Waals surface area contributed by atoms with Crippen LogP contribution in [-0.2, 0) is 6.42 Å². The molecule has 0 radical (unpaired) electrons. The molecule has 1 saturated heterocycles. The van der Waals surface area contributed by atoms with Gasteiger partial charge in [-0.05, 0) is 36.3 Å². The monoisotopic (exact) mass is 327 g/mol. The van der Waals surface area contributed by atoms with Gasteiger partial charge >= 0.3 is 0 Å². The highest BCUT2D eigenvalue weighted by Crippen LogP contribution is 2.17. The Morgan fingerprint density at radius 3 is 2.48 bits per heavy atom. The summed E-state index contributed by atoms with van der Waals surface area (Å²) in [5.41, 5.74) is 2.39. The summed E-state index contributed by atoms with van der Waals surface area (Å²) in [6, 6.07) is 10.2. The fourth-order valence-electron chi connectivity index (χ4n) is 2.71. The van der Waals surface area contributed by atoms with Crippen LogP contribution in [0.25, 0.3) is 0 Å². The molecule has 2 aromatic rings. The van der Waals surface area contributed by atoms with Crippen molar-refractivity contribution in [2.75, 3.05) is 36.4 Å². The van der Waals surface area contributed by atoms with Gasteiger partial charge in [-0.2, -0.15) is 0 Å². The van der Waals surface area contributed by atoms with Crippen molar-refractivity contribution in [1.82, 2.24) is 14.9 Å². The number of nitrogens with zero attached hydrogens (tertiary/aromatic N) is 4. The SMILES string of the molecule is CCc1ccccc1NC(=S)N1CCN(c2ncccn2)CC1. The second kappa shape index (κ2) is 7.37. The van der Waals surface area contributed by atoms with Crippen LogP contribution >= 0.6 is 12.2 Å². The van der Waals surface area contributed by atoms with E-state index >= 15 is 0 Å². The Bertz CT molecular complexity index is 653. The first-order chi connectivity index (χ1) is 11.3. The van der Waals surface area contributed by atoms with Gasteiger partial charge in [0.25, 0.3) is 0 Å². The number of aromatic nitrogens is 2. The lowest BCUT2D eigenvalue weighted by Crippen LogP contribution is -2.50. The second-order valence-electron chi connectivity index (χ2n) is 5.46. The molecule has 1 aromatic carbocycles. The van der Waals surface area contributed by atoms with Crippen LogP contribution in [0, 0.1) is 0 Å². The van der Waals surface area contributed by atoms with Crippen molar-refractivity contribution in [2.45, 2.75) is 13.3 Å². The number of nitrogens with one attached hydrogen (secondary N) is 1. The molecule has 0 atom stereocenters. The molecule has 0 bridgehead atoms. The van der Waals surface area contributed by atoms with E-state index in [1.165, 1.54) is 5.56 Å². The second-order valence-corrected chi connectivity index (χ2v) is 5.85. The molecule has 120 valence electrons. The fraction of sp³-hybridized carbons (Fsp3) is 0.353. The molecule has 1 N–H and O–H groups in total. The van der Waals surface area contributed by atoms with E-state index in [0.29, 0.717) is 0 Å². The first-order valence-corrected chi connectivity index (χ1v) is 8.34. The zero-order valence-electron chi connectivity index (χ0n) is 13.3. The third-order valence-electron chi connectivity index (χ3n) is 4.04. The molecule has 0 spiro atoms. The van der Waals surface area contributed by atoms with Gasteiger partial charge in [-0.15, -0.1) is 0 Å². The smallest absolute Gasteiger partial charge is 0.225 e. The van der Waals surface area contributed by atoms with Crippen LogP contribution in [0.1, 0.15) is 12.5 Å². The number of aryl methyl sites for hydroxylation is 1. The number of piperazine rings is 1. The number of hydrogen-bond acceptors (Lipinski definition) is 4. The average molecular weight is 327 g/mol. The van der Waals surface area contributed by atoms with Gasteiger partial charge in [-0.3, -0.25) is 0 Å². The van der Waals surface area contributed by atoms with Gasteiger partial charge in [0, 0.05) is 44.3 Å². The highest BCUT2D eigenvalue weighted by molar-refractivity contribution is 7.80. The molecule has 1 aliphatic rings. The molecule has 0 saturated carbocycles. The van der Waals surface area contributed by atoms with E-state index in [-0.39, 0.29) is 0 Å². The van der Waals surface area contributed by atoms with Crippen molar-refractivity contribution >= 4 is 29.0 Å². The summed E-state index contributed by atoms with van der Waals surface area (Å²) in [7, 11) is 0. The van der Waals surface area contributed by atoms with Crippen molar-refractivity contribution in [3.05, 3.63) is 48.3 Å². The molecule has 0 amide bonds. The number of thiocarbonyl (C=S) groups is 1. The van der Waals surface area contributed by atoms with Crippen molar-refractivity contribution in [2.24, 2.45) is 0 Å². The van der Waals surface area contributed by atoms with Crippen LogP contribution in [0.3, 0.4) is 0 Å². The minimum Gasteiger partial charge on any atom is -0.345 e. The quantitative estimate of drug-likeness (QED) is 0.874. The van der Waals surface area contributed by atoms with Gasteiger partial charge in [0.05, 0.1) is 0 Å². The Kier molecular flexibility index (Phi) is 5.02. The molecule has 6 heteroatoms. The summed E-state index contributed by atoms with van der Waals surface area (Å²) in [6.07, 6.45) is 4.55. The van der Waals surface area contributed by atoms with Gasteiger partial charge < -0.3 is 15.1 Å². The van der Waals surface area contributed by atoms with Gasteiger partial charge in [-0.1, -0.05) is 25.1 Å². The van der Waals surface area contributed by atoms with E-state index in [1.807, 2.05) is 12.1 Å². The molecular formula is C17H21N5S. The maximum absolute atomic E-state index is 5.58. The lowest BCUT2D eigenvalue weighted by atomic mass is 10.1. The molecule has 5 nitrogen and oxygen atoms in total. The van der Waals surface area contributed by atoms with Crippen LogP contribution in [-0.4, -0.2) is 46.2 Å². The third-order valence-corrected chi connectivity index (χ3v) is 4.40. The van der Waals surface area contributed by atoms with Gasteiger partial charge in [0.1, 0.15) is 0 Å². The molecule has 1 aliphatic heterocycles. The minimum absolute atomic E-state index is 0.791. The zero-order valence-corrected chi connectivity index (χ0v) is 14.1. The van der Waals surface area contributed by atoms with E-state index in [2.05, 4.69) is 50.2 Å². The summed E-state index contributed by atoms with van der Waals surface area (Å²) in [6.45, 7) is 5.65. The Hall–Kier alpha value is -2.21. The number of benzene rings is 1. The first kappa shape index (κ1) is 15.7. The Morgan fingerprint density at radius 2 is 1.78 bits per heavy atom. The van der Waals surface area contributed by atoms with Crippen LogP contribution in [0.4, 0.5) is 11.6 Å². The van der Waals surface area contributed by atoms with Crippen LogP contribution in [0.5, 0.6) is 0 Å². The maximum atomic E-state index is 5.58. The van der Waals surface area contributed by atoms with Crippen molar-refractivity contribution < 1.29 is 0 Å². The number of rotatable bonds is 3. The van der Waals surface area contributed by atoms with E-state index in [1.54, 1.807) is 12.4 Å². The van der Waals surface area contributed by atoms with Crippen LogP contribution < -0.4 is 10.2 Å². The number of hydrogen-bond donors (Lipinski definition) is 1. The summed E-state index contributed by atoms with van der Waals surface area (Å²) in [5, 5.41) is 4.18. The minimum atomic E-state index is 0.791. The predicted molar refractivity (Wildman–Crippen MR) is 97.9 cm³/mol. The normalized spacial score (nSPS) is 14.7. The average Bonchev–Trinajstić information content (AvgIpc) is 2.63. The first-order valence-electron chi connectivity index (χ1n) is 7.93. The maximum Gasteiger partial charge on any atom is 0.225 e. The molecule has 1 aromatic heterocycles. The third kappa shape index (κ3) is 3.76. The summed E-state index contributed by atoms with van der Waals surface area (Å²) in [5.74, 6) is 0.794. The lowest BCUT2D eigenvalue weighted by Gasteiger charge is -2.36. The summed E-state index contributed by atoms with van der Waals surface area (Å²) < 4.78 is 0. The highest BCUT2D eigenvalue weighted by Gasteiger charge is 2.20. The fourth-order valence-corrected chi connectivity index (χ4v) is 3.00. The largest absolute Gasteiger partial charge is 0.345 e. The predicted octanol–water partition coefficient (Wildman–Crippen LogP) is 2.56. The van der Waals surface area contributed by atoms with Gasteiger partial charge in [0.2, 0.25) is 5.95 Å². The van der Waals surface area contributed by atoms with Crippen molar-refractivity contribution in [3.8, 4) is 0 Å². The van der Waals surface area contributed by atoms with E-state index < -0.39 is 0 Å². The van der Waals surface area contributed by atoms with Gasteiger partial charge in [0.15, 0.2) is 5.11 Å². The topological polar surface area (TPSA) is 44.3 Å². The molecule has 3 rings (SSSR count). The van der Waals surface area contributed by atoms with Gasteiger partial charge in [-0.25, -0.2) is 9.97 Å². The number of anilines is 2. The van der Waals surface area contributed by atoms with Crippen molar-refractivity contribution in [1.29, 1.82) is 0 Å². The van der Waals surface area contributed by atoms with E-state index in [9.17, 15) is 0 Å². The molecule has 1 fully saturated rings. The van der Waals surface area contributed by atoms with Crippen LogP contribution in [0.15, 0.2) is 42.7 Å². The molecule has 23 heavy (non-hydrogen) atoms. The standard InChI is InChI=1S/C17H21N5S/c1-2-14-6-3-4-7-15(14)20-17(23)22-12-10-21(11-13-22)16-18-8-5-9-19-16/h3-9H,2,10-13H2,1H3,(H,20,23). The Balaban J connectivity index is 1.58. The van der Waals surface area contributed by atoms with E-state index in [4.69, 9.17) is 12.2 Å². The molecule has 2 heterocycles. The van der Waals surface area contributed by atoms with Crippen molar-refractivity contribution in [3.63, 3.8) is 0 Å². The summed E-state index contributed by atoms with van der Waals surface area (Å²) >= 11 is 5.58. The molecule has 0 aliphatic carbocycles. The Labute approximate surface area is 142 Å². The number of para-hydroxylation sites is 1.